The van der Waals surface area contributed by atoms with Gasteiger partial charge in [0.1, 0.15) is 5.82 Å². The molecule has 35 heavy (non-hydrogen) atoms. The van der Waals surface area contributed by atoms with Crippen molar-refractivity contribution in [2.24, 2.45) is 0 Å². The van der Waals surface area contributed by atoms with E-state index in [-0.39, 0.29) is 18.1 Å². The molecule has 0 fully saturated rings. The Hall–Kier alpha value is -4.39. The van der Waals surface area contributed by atoms with Crippen molar-refractivity contribution in [1.29, 1.82) is 0 Å². The summed E-state index contributed by atoms with van der Waals surface area (Å²) in [5.74, 6) is 0.808. The average Bonchev–Trinajstić information content (AvgIpc) is 3.36. The fourth-order valence-electron chi connectivity index (χ4n) is 5.28. The highest BCUT2D eigenvalue weighted by Crippen LogP contribution is 2.46. The van der Waals surface area contributed by atoms with Gasteiger partial charge in [0.15, 0.2) is 35.7 Å². The lowest BCUT2D eigenvalue weighted by atomic mass is 9.93. The quantitative estimate of drug-likeness (QED) is 0.160. The number of carbonyl (C=O) groups is 1. The zero-order valence-electron chi connectivity index (χ0n) is 18.8. The highest BCUT2D eigenvalue weighted by atomic mass is 19.1. The summed E-state index contributed by atoms with van der Waals surface area (Å²) in [6, 6.07) is 15.7. The van der Waals surface area contributed by atoms with E-state index < -0.39 is 11.8 Å². The van der Waals surface area contributed by atoms with Crippen LogP contribution in [0.15, 0.2) is 60.8 Å². The van der Waals surface area contributed by atoms with Gasteiger partial charge < -0.3 is 18.9 Å². The van der Waals surface area contributed by atoms with Crippen molar-refractivity contribution in [3.8, 4) is 23.0 Å². The number of esters is 1. The van der Waals surface area contributed by atoms with Crippen LogP contribution in [-0.2, 0) is 13.0 Å². The second-order valence-corrected chi connectivity index (χ2v) is 8.65. The highest BCUT2D eigenvalue weighted by Gasteiger charge is 2.30. The summed E-state index contributed by atoms with van der Waals surface area (Å²) in [6.07, 6.45) is 2.81. The van der Waals surface area contributed by atoms with Crippen molar-refractivity contribution in [1.82, 2.24) is 0 Å². The number of benzene rings is 4. The maximum atomic E-state index is 14.3. The number of pyridine rings is 1. The predicted molar refractivity (Wildman–Crippen MR) is 127 cm³/mol. The molecule has 5 aromatic rings. The first-order valence-corrected chi connectivity index (χ1v) is 11.3. The number of methoxy groups -OCH3 is 1. The van der Waals surface area contributed by atoms with Gasteiger partial charge in [-0.25, -0.2) is 9.18 Å². The molecule has 0 unspecified atom stereocenters. The van der Waals surface area contributed by atoms with Crippen molar-refractivity contribution in [2.75, 3.05) is 13.9 Å². The minimum atomic E-state index is -0.777. The Morgan fingerprint density at radius 3 is 2.69 bits per heavy atom. The molecular formula is C28H19FNO5+. The summed E-state index contributed by atoms with van der Waals surface area (Å²) < 4.78 is 39.2. The van der Waals surface area contributed by atoms with Crippen LogP contribution < -0.4 is 23.5 Å². The normalized spacial score (nSPS) is 13.7. The topological polar surface area (TPSA) is 57.9 Å². The smallest absolute Gasteiger partial charge is 0.346 e. The second kappa shape index (κ2) is 7.30. The lowest BCUT2D eigenvalue weighted by Crippen LogP contribution is -2.38. The molecule has 0 spiro atoms. The number of fused-ring (bicyclic) bond motifs is 4. The zero-order chi connectivity index (χ0) is 23.7. The lowest BCUT2D eigenvalue weighted by molar-refractivity contribution is -0.670. The van der Waals surface area contributed by atoms with E-state index in [0.29, 0.717) is 11.1 Å². The van der Waals surface area contributed by atoms with Crippen LogP contribution in [-0.4, -0.2) is 19.9 Å². The number of nitrogens with zero attached hydrogens (tertiary/aromatic N) is 1. The van der Waals surface area contributed by atoms with Gasteiger partial charge in [0.05, 0.1) is 28.8 Å². The first-order valence-electron chi connectivity index (χ1n) is 11.3. The fraction of sp³-hybridized carbons (Fsp3) is 0.143. The Morgan fingerprint density at radius 1 is 1.00 bits per heavy atom. The van der Waals surface area contributed by atoms with Gasteiger partial charge in [-0.05, 0) is 48.0 Å². The minimum absolute atomic E-state index is 0.131. The highest BCUT2D eigenvalue weighted by molar-refractivity contribution is 6.17. The van der Waals surface area contributed by atoms with Crippen LogP contribution in [0.25, 0.3) is 32.4 Å². The second-order valence-electron chi connectivity index (χ2n) is 8.65. The van der Waals surface area contributed by atoms with E-state index in [9.17, 15) is 9.18 Å². The molecule has 0 aliphatic carbocycles. The van der Waals surface area contributed by atoms with E-state index in [4.69, 9.17) is 18.9 Å². The van der Waals surface area contributed by atoms with E-state index >= 15 is 0 Å². The maximum absolute atomic E-state index is 14.3. The van der Waals surface area contributed by atoms with Gasteiger partial charge in [0.25, 0.3) is 0 Å². The van der Waals surface area contributed by atoms with Gasteiger partial charge in [-0.1, -0.05) is 12.1 Å². The van der Waals surface area contributed by atoms with Gasteiger partial charge >= 0.3 is 5.97 Å². The SMILES string of the molecule is COc1ccc2c(c[n+]3c4c2ccc2c5c(cc(c24)CC3)OCO5)c1OC(=O)c1ccccc1F. The molecule has 0 atom stereocenters. The van der Waals surface area contributed by atoms with Crippen LogP contribution in [0.5, 0.6) is 23.0 Å². The van der Waals surface area contributed by atoms with Gasteiger partial charge in [-0.15, -0.1) is 0 Å². The molecule has 2 aliphatic rings. The molecule has 6 nitrogen and oxygen atoms in total. The molecule has 2 aliphatic heterocycles. The standard InChI is InChI=1S/C28H19FNO5/c1-32-22-9-8-16-17-6-7-19-24-15(12-23-26(19)34-14-33-23)10-11-30(25(17)24)13-20(16)27(22)35-28(31)18-4-2-3-5-21(18)29/h2-9,12-13H,10-11,14H2,1H3/q+1. The molecule has 0 bridgehead atoms. The third-order valence-electron chi connectivity index (χ3n) is 6.84. The first-order chi connectivity index (χ1) is 17.1. The summed E-state index contributed by atoms with van der Waals surface area (Å²) in [7, 11) is 1.52. The summed E-state index contributed by atoms with van der Waals surface area (Å²) in [6.45, 7) is 0.969. The largest absolute Gasteiger partial charge is 0.493 e. The molecule has 0 saturated heterocycles. The molecule has 3 heterocycles. The molecule has 172 valence electrons. The molecular weight excluding hydrogens is 449 g/mol. The van der Waals surface area contributed by atoms with E-state index in [1.807, 2.05) is 12.3 Å². The number of rotatable bonds is 3. The Morgan fingerprint density at radius 2 is 1.83 bits per heavy atom. The number of aromatic nitrogens is 1. The van der Waals surface area contributed by atoms with E-state index in [1.54, 1.807) is 12.1 Å². The molecule has 7 rings (SSSR count). The van der Waals surface area contributed by atoms with Crippen molar-refractivity contribution >= 4 is 38.4 Å². The van der Waals surface area contributed by atoms with Crippen LogP contribution >= 0.6 is 0 Å². The number of hydrogen-bond donors (Lipinski definition) is 0. The van der Waals surface area contributed by atoms with Crippen LogP contribution in [0.4, 0.5) is 4.39 Å². The number of halogens is 1. The van der Waals surface area contributed by atoms with Crippen LogP contribution in [0.2, 0.25) is 0 Å². The summed E-state index contributed by atoms with van der Waals surface area (Å²) in [5, 5.41) is 4.79. The van der Waals surface area contributed by atoms with Crippen molar-refractivity contribution in [3.63, 3.8) is 0 Å². The van der Waals surface area contributed by atoms with E-state index in [2.05, 4.69) is 22.8 Å². The van der Waals surface area contributed by atoms with Crippen molar-refractivity contribution < 1.29 is 32.7 Å². The molecule has 1 aromatic heterocycles. The molecule has 7 heteroatoms. The molecule has 0 N–H and O–H groups in total. The molecule has 0 saturated carbocycles. The average molecular weight is 468 g/mol. The van der Waals surface area contributed by atoms with Crippen molar-refractivity contribution in [3.05, 3.63) is 77.7 Å². The van der Waals surface area contributed by atoms with E-state index in [0.717, 1.165) is 51.5 Å². The monoisotopic (exact) mass is 468 g/mol. The Labute approximate surface area is 199 Å². The Balaban J connectivity index is 1.50. The van der Waals surface area contributed by atoms with Crippen LogP contribution in [0, 0.1) is 5.82 Å². The third-order valence-corrected chi connectivity index (χ3v) is 6.84. The lowest BCUT2D eigenvalue weighted by Gasteiger charge is -2.18. The van der Waals surface area contributed by atoms with Crippen LogP contribution in [0.1, 0.15) is 15.9 Å². The third kappa shape index (κ3) is 2.81. The summed E-state index contributed by atoms with van der Waals surface area (Å²) in [5.41, 5.74) is 2.17. The Bertz CT molecular complexity index is 1730. The Kier molecular flexibility index (Phi) is 4.18. The summed E-state index contributed by atoms with van der Waals surface area (Å²) in [4.78, 5) is 12.9. The molecule has 4 aromatic carbocycles. The van der Waals surface area contributed by atoms with Crippen molar-refractivity contribution in [2.45, 2.75) is 13.0 Å². The van der Waals surface area contributed by atoms with E-state index in [1.165, 1.54) is 30.9 Å². The predicted octanol–water partition coefficient (Wildman–Crippen LogP) is 5.09. The van der Waals surface area contributed by atoms with Gasteiger partial charge in [-0.3, -0.25) is 0 Å². The zero-order valence-corrected chi connectivity index (χ0v) is 18.8. The van der Waals surface area contributed by atoms with Gasteiger partial charge in [-0.2, -0.15) is 4.57 Å². The number of carbonyl (C=O) groups excluding carboxylic acids is 1. The fourth-order valence-corrected chi connectivity index (χ4v) is 5.28. The van der Waals surface area contributed by atoms with Gasteiger partial charge in [0.2, 0.25) is 12.3 Å². The number of ether oxygens (including phenoxy) is 4. The molecule has 0 radical (unpaired) electrons. The summed E-state index contributed by atoms with van der Waals surface area (Å²) >= 11 is 0. The number of hydrogen-bond acceptors (Lipinski definition) is 5. The minimum Gasteiger partial charge on any atom is -0.493 e. The van der Waals surface area contributed by atoms with Gasteiger partial charge in [0, 0.05) is 17.2 Å². The maximum Gasteiger partial charge on any atom is 0.346 e. The van der Waals surface area contributed by atoms with Crippen LogP contribution in [0.3, 0.4) is 0 Å². The number of aryl methyl sites for hydroxylation is 2. The molecule has 0 amide bonds. The first kappa shape index (κ1) is 20.0.